The minimum absolute atomic E-state index is 0.0487. The molecule has 366 valence electrons. The number of phosphoric acid groups is 1. The summed E-state index contributed by atoms with van der Waals surface area (Å²) < 4.78 is 45.6. The van der Waals surface area contributed by atoms with Gasteiger partial charge in [-0.05, 0) is 12.8 Å². The highest BCUT2D eigenvalue weighted by atomic mass is 31.2. The molecule has 0 bridgehead atoms. The van der Waals surface area contributed by atoms with Crippen LogP contribution in [0.5, 0.6) is 0 Å². The summed E-state index contributed by atoms with van der Waals surface area (Å²) in [5.74, 6) is -1.19. The van der Waals surface area contributed by atoms with Gasteiger partial charge in [0.1, 0.15) is 61.5 Å². The van der Waals surface area contributed by atoms with Gasteiger partial charge in [-0.2, -0.15) is 0 Å². The maximum atomic E-state index is 13.4. The van der Waals surface area contributed by atoms with Gasteiger partial charge in [0, 0.05) is 12.8 Å². The Morgan fingerprint density at radius 3 is 1.50 bits per heavy atom. The molecule has 1 saturated carbocycles. The first-order valence-electron chi connectivity index (χ1n) is 23.4. The summed E-state index contributed by atoms with van der Waals surface area (Å²) in [7, 11) is -5.33. The number of ether oxygens (including phenoxy) is 4. The van der Waals surface area contributed by atoms with Crippen molar-refractivity contribution < 1.29 is 82.8 Å². The van der Waals surface area contributed by atoms with Crippen LogP contribution in [-0.2, 0) is 42.1 Å². The highest BCUT2D eigenvalue weighted by Crippen LogP contribution is 2.48. The summed E-state index contributed by atoms with van der Waals surface area (Å²) in [4.78, 5) is 36.4. The van der Waals surface area contributed by atoms with Crippen molar-refractivity contribution in [1.29, 1.82) is 0 Å². The molecule has 19 heteroatoms. The molecule has 1 unspecified atom stereocenters. The van der Waals surface area contributed by atoms with Crippen LogP contribution in [0.4, 0.5) is 0 Å². The van der Waals surface area contributed by atoms with Crippen LogP contribution >= 0.6 is 7.82 Å². The third-order valence-corrected chi connectivity index (χ3v) is 12.6. The van der Waals surface area contributed by atoms with Crippen LogP contribution in [0.2, 0.25) is 0 Å². The second-order valence-electron chi connectivity index (χ2n) is 17.0. The smallest absolute Gasteiger partial charge is 0.462 e. The monoisotopic (exact) mass is 916 g/mol. The molecular formula is C43H82NO17P. The molecule has 62 heavy (non-hydrogen) atoms. The molecule has 1 aliphatic carbocycles. The molecule has 1 heterocycles. The highest BCUT2D eigenvalue weighted by Gasteiger charge is 2.55. The van der Waals surface area contributed by atoms with E-state index in [9.17, 15) is 54.8 Å². The Labute approximate surface area is 368 Å². The zero-order chi connectivity index (χ0) is 45.9. The van der Waals surface area contributed by atoms with Crippen molar-refractivity contribution in [3.8, 4) is 0 Å². The molecule has 2 rings (SSSR count). The Balaban J connectivity index is 2.00. The number of hydrogen-bond acceptors (Lipinski definition) is 17. The largest absolute Gasteiger partial charge is 0.472 e. The lowest BCUT2D eigenvalue weighted by Gasteiger charge is -2.47. The number of esters is 2. The normalized spacial score (nSPS) is 29.2. The Morgan fingerprint density at radius 2 is 1.03 bits per heavy atom. The number of unbranched alkanes of at least 4 members (excludes halogenated alkanes) is 20. The third-order valence-electron chi connectivity index (χ3n) is 11.6. The quantitative estimate of drug-likeness (QED) is 0.0247. The second kappa shape index (κ2) is 32.3. The van der Waals surface area contributed by atoms with Crippen molar-refractivity contribution in [3.63, 3.8) is 0 Å². The van der Waals surface area contributed by atoms with Crippen LogP contribution in [-0.4, -0.2) is 146 Å². The van der Waals surface area contributed by atoms with E-state index in [2.05, 4.69) is 13.8 Å². The topological polar surface area (TPSA) is 294 Å². The first-order chi connectivity index (χ1) is 29.7. The SMILES string of the molecule is CCCCCCCCCCCCCC(=O)OC[C@H](COP(=O)(O)O[C@@H]1[C@H](O)[C@H](O)[C@@H](O)[C@H](O)[C@H]1O[C@H]1O[C@H](CO)[C@@H](O)[C@H](O)[C@H]1N)OC(=O)CCCCCCCCCCCCC. The zero-order valence-electron chi connectivity index (χ0n) is 37.3. The van der Waals surface area contributed by atoms with E-state index < -0.39 is 113 Å². The molecule has 0 amide bonds. The van der Waals surface area contributed by atoms with E-state index in [0.717, 1.165) is 51.4 Å². The number of carbonyl (C=O) groups is 2. The lowest BCUT2D eigenvalue weighted by atomic mass is 9.84. The van der Waals surface area contributed by atoms with Crippen molar-refractivity contribution >= 4 is 19.8 Å². The number of phosphoric ester groups is 1. The Morgan fingerprint density at radius 1 is 0.597 bits per heavy atom. The van der Waals surface area contributed by atoms with Crippen molar-refractivity contribution in [3.05, 3.63) is 0 Å². The molecule has 2 fully saturated rings. The van der Waals surface area contributed by atoms with E-state index >= 15 is 0 Å². The van der Waals surface area contributed by atoms with Crippen LogP contribution in [0, 0.1) is 0 Å². The van der Waals surface area contributed by atoms with Crippen LogP contribution in [0.15, 0.2) is 0 Å². The van der Waals surface area contributed by atoms with E-state index in [-0.39, 0.29) is 12.8 Å². The summed E-state index contributed by atoms with van der Waals surface area (Å²) in [6, 6.07) is -1.52. The lowest BCUT2D eigenvalue weighted by Crippen LogP contribution is -2.68. The third kappa shape index (κ3) is 21.8. The first kappa shape index (κ1) is 56.8. The Bertz CT molecular complexity index is 1230. The van der Waals surface area contributed by atoms with Gasteiger partial charge in [0.2, 0.25) is 0 Å². The number of hydrogen-bond donors (Lipinski definition) is 9. The minimum Gasteiger partial charge on any atom is -0.462 e. The van der Waals surface area contributed by atoms with Crippen molar-refractivity contribution in [2.75, 3.05) is 19.8 Å². The van der Waals surface area contributed by atoms with Gasteiger partial charge in [-0.25, -0.2) is 4.57 Å². The minimum atomic E-state index is -5.33. The van der Waals surface area contributed by atoms with Crippen LogP contribution < -0.4 is 5.73 Å². The van der Waals surface area contributed by atoms with Gasteiger partial charge in [0.05, 0.1) is 19.3 Å². The van der Waals surface area contributed by atoms with E-state index in [1.54, 1.807) is 0 Å². The maximum Gasteiger partial charge on any atom is 0.472 e. The van der Waals surface area contributed by atoms with Crippen LogP contribution in [0.25, 0.3) is 0 Å². The fourth-order valence-corrected chi connectivity index (χ4v) is 8.66. The Hall–Kier alpha value is -1.35. The van der Waals surface area contributed by atoms with Gasteiger partial charge >= 0.3 is 19.8 Å². The standard InChI is InChI=1S/C43H82NO17P/c1-3-5-7-9-11-13-15-17-19-21-23-25-32(46)56-28-30(58-33(47)26-24-22-20-18-16-14-12-10-8-6-4-2)29-57-62(54,55)61-42-40(53)38(51)37(50)39(52)41(42)60-43-34(44)36(49)35(48)31(27-45)59-43/h30-31,34-43,45,48-53H,3-29,44H2,1-2H3,(H,54,55)/t30-,31-,34-,35-,36-,37-,38-,39+,40-,41-,42-,43-/m1/s1. The predicted octanol–water partition coefficient (Wildman–Crippen LogP) is 3.95. The molecule has 1 saturated heterocycles. The summed E-state index contributed by atoms with van der Waals surface area (Å²) >= 11 is 0. The molecule has 0 radical (unpaired) electrons. The second-order valence-corrected chi connectivity index (χ2v) is 18.5. The van der Waals surface area contributed by atoms with E-state index in [0.29, 0.717) is 12.8 Å². The van der Waals surface area contributed by atoms with Crippen molar-refractivity contribution in [2.24, 2.45) is 5.73 Å². The summed E-state index contributed by atoms with van der Waals surface area (Å²) in [6.45, 7) is 2.28. The number of rotatable bonds is 35. The average molecular weight is 916 g/mol. The molecule has 13 atom stereocenters. The fraction of sp³-hybridized carbons (Fsp3) is 0.953. The number of carbonyl (C=O) groups excluding carboxylic acids is 2. The lowest BCUT2D eigenvalue weighted by molar-refractivity contribution is -0.315. The molecular weight excluding hydrogens is 833 g/mol. The summed E-state index contributed by atoms with van der Waals surface area (Å²) in [6.07, 6.45) is 3.86. The van der Waals surface area contributed by atoms with Gasteiger partial charge in [0.15, 0.2) is 12.4 Å². The van der Waals surface area contributed by atoms with Crippen molar-refractivity contribution in [2.45, 2.75) is 241 Å². The van der Waals surface area contributed by atoms with E-state index in [1.165, 1.54) is 77.0 Å². The van der Waals surface area contributed by atoms with Crippen LogP contribution in [0.3, 0.4) is 0 Å². The molecule has 0 spiro atoms. The van der Waals surface area contributed by atoms with Crippen molar-refractivity contribution in [1.82, 2.24) is 0 Å². The number of aliphatic hydroxyl groups excluding tert-OH is 7. The number of aliphatic hydroxyl groups is 7. The molecule has 0 aromatic carbocycles. The fourth-order valence-electron chi connectivity index (χ4n) is 7.69. The zero-order valence-corrected chi connectivity index (χ0v) is 38.2. The molecule has 2 aliphatic rings. The van der Waals surface area contributed by atoms with E-state index in [1.807, 2.05) is 0 Å². The van der Waals surface area contributed by atoms with Gasteiger partial charge < -0.3 is 65.3 Å². The summed E-state index contributed by atoms with van der Waals surface area (Å²) in [5, 5.41) is 72.6. The average Bonchev–Trinajstić information content (AvgIpc) is 3.25. The van der Waals surface area contributed by atoms with Gasteiger partial charge in [-0.3, -0.25) is 18.6 Å². The molecule has 0 aromatic rings. The van der Waals surface area contributed by atoms with Crippen LogP contribution in [0.1, 0.15) is 168 Å². The number of nitrogens with two attached hydrogens (primary N) is 1. The predicted molar refractivity (Wildman–Crippen MR) is 228 cm³/mol. The molecule has 0 aromatic heterocycles. The Kier molecular flexibility index (Phi) is 29.6. The van der Waals surface area contributed by atoms with Gasteiger partial charge in [-0.15, -0.1) is 0 Å². The maximum absolute atomic E-state index is 13.4. The van der Waals surface area contributed by atoms with Gasteiger partial charge in [-0.1, -0.05) is 142 Å². The molecule has 1 aliphatic heterocycles. The first-order valence-corrected chi connectivity index (χ1v) is 24.9. The highest BCUT2D eigenvalue weighted by molar-refractivity contribution is 7.47. The van der Waals surface area contributed by atoms with E-state index in [4.69, 9.17) is 33.7 Å². The van der Waals surface area contributed by atoms with Gasteiger partial charge in [0.25, 0.3) is 0 Å². The molecule has 18 nitrogen and oxygen atoms in total. The molecule has 10 N–H and O–H groups in total. The summed E-state index contributed by atoms with van der Waals surface area (Å²) in [5.41, 5.74) is 5.94.